The summed E-state index contributed by atoms with van der Waals surface area (Å²) in [5, 5.41) is 8.97. The van der Waals surface area contributed by atoms with Crippen LogP contribution in [0.1, 0.15) is 26.7 Å². The van der Waals surface area contributed by atoms with Crippen molar-refractivity contribution in [3.8, 4) is 0 Å². The summed E-state index contributed by atoms with van der Waals surface area (Å²) in [4.78, 5) is 10.9. The van der Waals surface area contributed by atoms with Crippen LogP contribution in [0.2, 0.25) is 0 Å². The fourth-order valence-corrected chi connectivity index (χ4v) is 0.993. The van der Waals surface area contributed by atoms with Crippen LogP contribution >= 0.6 is 0 Å². The van der Waals surface area contributed by atoms with Gasteiger partial charge in [0, 0.05) is 6.54 Å². The van der Waals surface area contributed by atoms with Gasteiger partial charge in [0.2, 0.25) is 0 Å². The van der Waals surface area contributed by atoms with Crippen LogP contribution in [0.3, 0.4) is 0 Å². The first-order chi connectivity index (χ1) is 6.11. The van der Waals surface area contributed by atoms with E-state index in [0.717, 1.165) is 12.8 Å². The number of carbonyl (C=O) groups excluding carboxylic acids is 1. The minimum Gasteiger partial charge on any atom is -0.463 e. The summed E-state index contributed by atoms with van der Waals surface area (Å²) in [5.74, 6) is -0.274. The van der Waals surface area contributed by atoms with E-state index in [-0.39, 0.29) is 6.54 Å². The van der Waals surface area contributed by atoms with Gasteiger partial charge in [0.05, 0.1) is 6.61 Å². The van der Waals surface area contributed by atoms with Crippen LogP contribution in [0.25, 0.3) is 0 Å². The van der Waals surface area contributed by atoms with Crippen LogP contribution in [0, 0.1) is 5.92 Å². The average Bonchev–Trinajstić information content (AvgIpc) is 2.13. The minimum absolute atomic E-state index is 0.0823. The molecule has 13 heavy (non-hydrogen) atoms. The second kappa shape index (κ2) is 6.86. The van der Waals surface area contributed by atoms with Crippen LogP contribution in [0.15, 0.2) is 0 Å². The lowest BCUT2D eigenvalue weighted by atomic mass is 10.1. The standard InChI is InChI=1S/C9H19NO3/c1-3-4-7(2)6-13-9(12)8(11)5-10/h7-8,11H,3-6,10H2,1-2H3. The van der Waals surface area contributed by atoms with Gasteiger partial charge in [-0.3, -0.25) is 0 Å². The highest BCUT2D eigenvalue weighted by Gasteiger charge is 2.15. The molecule has 0 aliphatic heterocycles. The van der Waals surface area contributed by atoms with Gasteiger partial charge < -0.3 is 15.6 Å². The molecule has 0 saturated heterocycles. The number of aliphatic hydroxyl groups is 1. The molecule has 0 radical (unpaired) electrons. The molecule has 0 spiro atoms. The molecule has 0 aliphatic rings. The van der Waals surface area contributed by atoms with Crippen LogP contribution in [0.5, 0.6) is 0 Å². The molecule has 0 aromatic carbocycles. The highest BCUT2D eigenvalue weighted by Crippen LogP contribution is 2.05. The van der Waals surface area contributed by atoms with Crippen LogP contribution in [-0.4, -0.2) is 30.3 Å². The molecular weight excluding hydrogens is 170 g/mol. The van der Waals surface area contributed by atoms with Gasteiger partial charge in [-0.1, -0.05) is 20.3 Å². The quantitative estimate of drug-likeness (QED) is 0.589. The number of hydrogen-bond donors (Lipinski definition) is 2. The zero-order valence-corrected chi connectivity index (χ0v) is 8.32. The molecule has 78 valence electrons. The average molecular weight is 189 g/mol. The second-order valence-corrected chi connectivity index (χ2v) is 3.28. The van der Waals surface area contributed by atoms with Gasteiger partial charge in [-0.05, 0) is 12.3 Å². The summed E-state index contributed by atoms with van der Waals surface area (Å²) >= 11 is 0. The summed E-state index contributed by atoms with van der Waals surface area (Å²) in [6, 6.07) is 0. The van der Waals surface area contributed by atoms with Crippen molar-refractivity contribution in [2.75, 3.05) is 13.2 Å². The van der Waals surface area contributed by atoms with Crippen molar-refractivity contribution in [1.29, 1.82) is 0 Å². The molecule has 0 saturated carbocycles. The summed E-state index contributed by atoms with van der Waals surface area (Å²) in [5.41, 5.74) is 5.09. The Balaban J connectivity index is 3.57. The second-order valence-electron chi connectivity index (χ2n) is 3.28. The van der Waals surface area contributed by atoms with Crippen LogP contribution in [0.4, 0.5) is 0 Å². The van der Waals surface area contributed by atoms with E-state index < -0.39 is 12.1 Å². The Morgan fingerprint density at radius 1 is 1.62 bits per heavy atom. The first kappa shape index (κ1) is 12.4. The van der Waals surface area contributed by atoms with Gasteiger partial charge >= 0.3 is 5.97 Å². The number of aliphatic hydroxyl groups excluding tert-OH is 1. The third kappa shape index (κ3) is 5.60. The molecule has 4 nitrogen and oxygen atoms in total. The van der Waals surface area contributed by atoms with Crippen LogP contribution < -0.4 is 5.73 Å². The number of rotatable bonds is 6. The largest absolute Gasteiger partial charge is 0.463 e. The maximum absolute atomic E-state index is 10.9. The molecule has 2 atom stereocenters. The number of carbonyl (C=O) groups is 1. The van der Waals surface area contributed by atoms with Crippen molar-refractivity contribution in [2.24, 2.45) is 11.7 Å². The smallest absolute Gasteiger partial charge is 0.336 e. The normalized spacial score (nSPS) is 15.1. The van der Waals surface area contributed by atoms with Gasteiger partial charge in [0.25, 0.3) is 0 Å². The van der Waals surface area contributed by atoms with E-state index in [1.165, 1.54) is 0 Å². The number of hydrogen-bond acceptors (Lipinski definition) is 4. The Labute approximate surface area is 79.1 Å². The fraction of sp³-hybridized carbons (Fsp3) is 0.889. The van der Waals surface area contributed by atoms with Gasteiger partial charge in [0.1, 0.15) is 0 Å². The third-order valence-electron chi connectivity index (χ3n) is 1.79. The predicted octanol–water partition coefficient (Wildman–Crippen LogP) is 0.285. The highest BCUT2D eigenvalue weighted by molar-refractivity contribution is 5.74. The molecule has 2 unspecified atom stereocenters. The zero-order chi connectivity index (χ0) is 10.3. The van der Waals surface area contributed by atoms with E-state index in [1.807, 2.05) is 6.92 Å². The number of ether oxygens (including phenoxy) is 1. The SMILES string of the molecule is CCCC(C)COC(=O)C(O)CN. The van der Waals surface area contributed by atoms with Crippen molar-refractivity contribution in [1.82, 2.24) is 0 Å². The zero-order valence-electron chi connectivity index (χ0n) is 8.32. The molecule has 0 rings (SSSR count). The molecule has 0 heterocycles. The number of nitrogens with two attached hydrogens (primary N) is 1. The first-order valence-corrected chi connectivity index (χ1v) is 4.66. The minimum atomic E-state index is -1.17. The summed E-state index contributed by atoms with van der Waals surface area (Å²) in [7, 11) is 0. The van der Waals surface area contributed by atoms with E-state index in [9.17, 15) is 4.79 Å². The van der Waals surface area contributed by atoms with E-state index in [1.54, 1.807) is 0 Å². The molecule has 4 heteroatoms. The van der Waals surface area contributed by atoms with E-state index in [0.29, 0.717) is 12.5 Å². The summed E-state index contributed by atoms with van der Waals surface area (Å²) in [6.07, 6.45) is 0.915. The molecule has 0 aliphatic carbocycles. The van der Waals surface area contributed by atoms with Crippen molar-refractivity contribution in [2.45, 2.75) is 32.8 Å². The highest BCUT2D eigenvalue weighted by atomic mass is 16.5. The fourth-order valence-electron chi connectivity index (χ4n) is 0.993. The maximum atomic E-state index is 10.9. The van der Waals surface area contributed by atoms with Crippen LogP contribution in [-0.2, 0) is 9.53 Å². The Hall–Kier alpha value is -0.610. The van der Waals surface area contributed by atoms with Crippen molar-refractivity contribution in [3.63, 3.8) is 0 Å². The van der Waals surface area contributed by atoms with Gasteiger partial charge in [-0.25, -0.2) is 4.79 Å². The monoisotopic (exact) mass is 189 g/mol. The topological polar surface area (TPSA) is 72.5 Å². The van der Waals surface area contributed by atoms with E-state index in [2.05, 4.69) is 6.92 Å². The van der Waals surface area contributed by atoms with Crippen molar-refractivity contribution < 1.29 is 14.6 Å². The maximum Gasteiger partial charge on any atom is 0.336 e. The lowest BCUT2D eigenvalue weighted by Crippen LogP contribution is -2.31. The molecule has 0 fully saturated rings. The molecule has 0 aromatic rings. The predicted molar refractivity (Wildman–Crippen MR) is 50.1 cm³/mol. The Morgan fingerprint density at radius 2 is 2.23 bits per heavy atom. The molecule has 0 bridgehead atoms. The summed E-state index contributed by atoms with van der Waals surface area (Å²) in [6.45, 7) is 4.36. The lowest BCUT2D eigenvalue weighted by Gasteiger charge is -2.12. The molecule has 0 aromatic heterocycles. The van der Waals surface area contributed by atoms with Crippen molar-refractivity contribution in [3.05, 3.63) is 0 Å². The summed E-state index contributed by atoms with van der Waals surface area (Å²) < 4.78 is 4.84. The third-order valence-corrected chi connectivity index (χ3v) is 1.79. The molecule has 3 N–H and O–H groups in total. The van der Waals surface area contributed by atoms with Gasteiger partial charge in [0.15, 0.2) is 6.10 Å². The van der Waals surface area contributed by atoms with Crippen molar-refractivity contribution >= 4 is 5.97 Å². The lowest BCUT2D eigenvalue weighted by molar-refractivity contribution is -0.154. The van der Waals surface area contributed by atoms with E-state index >= 15 is 0 Å². The Bertz CT molecular complexity index is 150. The molecular formula is C9H19NO3. The first-order valence-electron chi connectivity index (χ1n) is 4.66. The van der Waals surface area contributed by atoms with Gasteiger partial charge in [-0.15, -0.1) is 0 Å². The Morgan fingerprint density at radius 3 is 2.69 bits per heavy atom. The Kier molecular flexibility index (Phi) is 6.54. The van der Waals surface area contributed by atoms with Gasteiger partial charge in [-0.2, -0.15) is 0 Å². The number of esters is 1. The van der Waals surface area contributed by atoms with E-state index in [4.69, 9.17) is 15.6 Å². The molecule has 0 amide bonds.